The SMILES string of the molecule is CCCCCCCCCCCCCCCCCCS1(CCCCCCCCCCCCCCCCCC)SC1(S)C(=S)CCCCCCCCCCCCCCCC. The lowest BCUT2D eigenvalue weighted by Crippen LogP contribution is -2.18. The molecule has 0 aromatic rings. The van der Waals surface area contributed by atoms with E-state index >= 15 is 0 Å². The number of hydrogen-bond donors (Lipinski definition) is 1. The third kappa shape index (κ3) is 32.8. The van der Waals surface area contributed by atoms with Crippen molar-refractivity contribution >= 4 is 49.6 Å². The highest BCUT2D eigenvalue weighted by Crippen LogP contribution is 2.94. The summed E-state index contributed by atoms with van der Waals surface area (Å²) in [7, 11) is 1.52. The highest BCUT2D eigenvalue weighted by atomic mass is 33.2. The van der Waals surface area contributed by atoms with Gasteiger partial charge in [0, 0.05) is 4.86 Å². The topological polar surface area (TPSA) is 0 Å². The fraction of sp³-hybridized carbons (Fsp3) is 0.981. The van der Waals surface area contributed by atoms with E-state index in [2.05, 4.69) is 31.6 Å². The number of unbranched alkanes of at least 4 members (excludes halogenated alkanes) is 43. The Morgan fingerprint density at radius 2 is 0.517 bits per heavy atom. The van der Waals surface area contributed by atoms with Crippen LogP contribution >= 0.6 is 44.7 Å². The molecule has 1 fully saturated rings. The maximum absolute atomic E-state index is 6.25. The van der Waals surface area contributed by atoms with E-state index in [-0.39, 0.29) is 3.41 Å². The van der Waals surface area contributed by atoms with Crippen molar-refractivity contribution in [1.29, 1.82) is 0 Å². The van der Waals surface area contributed by atoms with E-state index in [0.717, 1.165) is 6.42 Å². The fourth-order valence-corrected chi connectivity index (χ4v) is 20.1. The van der Waals surface area contributed by atoms with Crippen LogP contribution in [-0.4, -0.2) is 19.8 Å². The van der Waals surface area contributed by atoms with Crippen molar-refractivity contribution in [2.75, 3.05) is 11.5 Å². The molecule has 1 unspecified atom stereocenters. The lowest BCUT2D eigenvalue weighted by molar-refractivity contribution is 0.531. The molecule has 0 bridgehead atoms. The van der Waals surface area contributed by atoms with Gasteiger partial charge in [0.1, 0.15) is 3.41 Å². The van der Waals surface area contributed by atoms with Crippen molar-refractivity contribution in [3.05, 3.63) is 0 Å². The van der Waals surface area contributed by atoms with Gasteiger partial charge in [0.15, 0.2) is 0 Å². The van der Waals surface area contributed by atoms with Gasteiger partial charge in [0.25, 0.3) is 0 Å². The van der Waals surface area contributed by atoms with E-state index in [4.69, 9.17) is 24.8 Å². The quantitative estimate of drug-likeness (QED) is 0.0213. The summed E-state index contributed by atoms with van der Waals surface area (Å²) in [6, 6.07) is 0. The molecule has 1 atom stereocenters. The molecule has 1 saturated heterocycles. The van der Waals surface area contributed by atoms with Gasteiger partial charge in [0.2, 0.25) is 0 Å². The summed E-state index contributed by atoms with van der Waals surface area (Å²) in [5.74, 6) is 2.86. The minimum Gasteiger partial charge on any atom is -0.161 e. The zero-order chi connectivity index (χ0) is 41.9. The Morgan fingerprint density at radius 3 is 0.741 bits per heavy atom. The molecule has 0 aromatic heterocycles. The van der Waals surface area contributed by atoms with Gasteiger partial charge < -0.3 is 0 Å². The van der Waals surface area contributed by atoms with Crippen molar-refractivity contribution in [2.45, 2.75) is 326 Å². The first-order valence-electron chi connectivity index (χ1n) is 27.3. The molecular formula is C54H108S4. The molecule has 348 valence electrons. The summed E-state index contributed by atoms with van der Waals surface area (Å²) < 4.78 is 0.0594. The highest BCUT2D eigenvalue weighted by Gasteiger charge is 2.63. The van der Waals surface area contributed by atoms with Crippen LogP contribution in [0.3, 0.4) is 0 Å². The third-order valence-corrected chi connectivity index (χ3v) is 24.6. The minimum absolute atomic E-state index is 0.0594. The first-order chi connectivity index (χ1) is 28.6. The Balaban J connectivity index is 2.26. The Hall–Kier alpha value is 1.14. The van der Waals surface area contributed by atoms with E-state index in [1.54, 1.807) is 0 Å². The number of thiocarbonyl (C=S) groups is 1. The molecule has 1 aliphatic rings. The van der Waals surface area contributed by atoms with Crippen molar-refractivity contribution in [2.24, 2.45) is 0 Å². The van der Waals surface area contributed by atoms with Crippen molar-refractivity contribution in [1.82, 2.24) is 0 Å². The first kappa shape index (κ1) is 57.2. The van der Waals surface area contributed by atoms with Gasteiger partial charge in [-0.25, -0.2) is 0 Å². The molecule has 1 rings (SSSR count). The summed E-state index contributed by atoms with van der Waals surface area (Å²) in [5.41, 5.74) is 0. The van der Waals surface area contributed by atoms with Gasteiger partial charge in [-0.2, -0.15) is 9.06 Å². The maximum Gasteiger partial charge on any atom is 0.137 e. The Labute approximate surface area is 384 Å². The van der Waals surface area contributed by atoms with Gasteiger partial charge in [-0.05, 0) is 37.2 Å². The molecule has 0 nitrogen and oxygen atoms in total. The van der Waals surface area contributed by atoms with Gasteiger partial charge in [-0.15, -0.1) is 12.6 Å². The van der Waals surface area contributed by atoms with Crippen LogP contribution in [0.4, 0.5) is 0 Å². The van der Waals surface area contributed by atoms with E-state index in [1.807, 2.05) is 0 Å². The van der Waals surface area contributed by atoms with Crippen LogP contribution in [0.2, 0.25) is 0 Å². The second kappa shape index (κ2) is 43.4. The lowest BCUT2D eigenvalue weighted by atomic mass is 10.0. The van der Waals surface area contributed by atoms with E-state index < -0.39 is 9.06 Å². The van der Waals surface area contributed by atoms with Crippen LogP contribution in [0, 0.1) is 0 Å². The second-order valence-corrected chi connectivity index (χ2v) is 27.5. The zero-order valence-electron chi connectivity index (χ0n) is 40.3. The molecule has 0 amide bonds. The summed E-state index contributed by atoms with van der Waals surface area (Å²) in [6.45, 7) is 6.95. The molecule has 0 radical (unpaired) electrons. The van der Waals surface area contributed by atoms with Gasteiger partial charge in [-0.3, -0.25) is 0 Å². The van der Waals surface area contributed by atoms with Crippen molar-refractivity contribution < 1.29 is 0 Å². The monoisotopic (exact) mass is 885 g/mol. The predicted octanol–water partition coefficient (Wildman–Crippen LogP) is 21.8. The van der Waals surface area contributed by atoms with Crippen LogP contribution in [0.25, 0.3) is 0 Å². The van der Waals surface area contributed by atoms with Crippen LogP contribution in [-0.2, 0) is 0 Å². The molecule has 0 saturated carbocycles. The fourth-order valence-electron chi connectivity index (χ4n) is 9.32. The molecule has 58 heavy (non-hydrogen) atoms. The molecule has 0 N–H and O–H groups in total. The summed E-state index contributed by atoms with van der Waals surface area (Å²) >= 11 is 11.7. The lowest BCUT2D eigenvalue weighted by Gasteiger charge is -2.25. The highest BCUT2D eigenvalue weighted by molar-refractivity contribution is 9.13. The molecule has 4 heteroatoms. The van der Waals surface area contributed by atoms with Gasteiger partial charge in [0.05, 0.1) is 0 Å². The molecule has 0 spiro atoms. The Bertz CT molecular complexity index is 807. The summed E-state index contributed by atoms with van der Waals surface area (Å²) in [4.78, 5) is 1.34. The molecule has 1 aliphatic heterocycles. The molecule has 0 aliphatic carbocycles. The van der Waals surface area contributed by atoms with Crippen LogP contribution in [0.15, 0.2) is 0 Å². The Morgan fingerprint density at radius 1 is 0.328 bits per heavy atom. The minimum atomic E-state index is -0.740. The molecule has 1 heterocycles. The van der Waals surface area contributed by atoms with E-state index in [1.165, 1.54) is 312 Å². The normalized spacial score (nSPS) is 16.6. The van der Waals surface area contributed by atoms with Crippen LogP contribution < -0.4 is 0 Å². The van der Waals surface area contributed by atoms with Crippen LogP contribution in [0.5, 0.6) is 0 Å². The zero-order valence-corrected chi connectivity index (χ0v) is 43.7. The van der Waals surface area contributed by atoms with Crippen LogP contribution in [0.1, 0.15) is 323 Å². The Kier molecular flexibility index (Phi) is 42.8. The van der Waals surface area contributed by atoms with Gasteiger partial charge in [-0.1, -0.05) is 320 Å². The summed E-state index contributed by atoms with van der Waals surface area (Å²) in [6.07, 6.45) is 67.6. The summed E-state index contributed by atoms with van der Waals surface area (Å²) in [5, 5.41) is 0. The molecular weight excluding hydrogens is 777 g/mol. The smallest absolute Gasteiger partial charge is 0.137 e. The van der Waals surface area contributed by atoms with E-state index in [9.17, 15) is 0 Å². The van der Waals surface area contributed by atoms with Gasteiger partial charge >= 0.3 is 0 Å². The van der Waals surface area contributed by atoms with Crippen molar-refractivity contribution in [3.8, 4) is 0 Å². The van der Waals surface area contributed by atoms with E-state index in [0.29, 0.717) is 0 Å². The maximum atomic E-state index is 6.25. The largest absolute Gasteiger partial charge is 0.161 e. The average Bonchev–Trinajstić information content (AvgIpc) is 3.84. The predicted molar refractivity (Wildman–Crippen MR) is 283 cm³/mol. The number of thiol groups is 1. The number of rotatable bonds is 50. The first-order valence-corrected chi connectivity index (χ1v) is 31.5. The second-order valence-electron chi connectivity index (χ2n) is 19.3. The van der Waals surface area contributed by atoms with Crippen molar-refractivity contribution in [3.63, 3.8) is 0 Å². The number of hydrogen-bond acceptors (Lipinski definition) is 3. The third-order valence-electron chi connectivity index (χ3n) is 13.5. The average molecular weight is 886 g/mol. The molecule has 0 aromatic carbocycles. The standard InChI is InChI=1S/C54H108S4/c1-4-7-10-13-16-19-22-25-28-30-33-36-39-42-45-48-51-58(52-49-46-43-40-37-34-31-29-26-23-20-17-14-11-8-5-2)54(56,57-58)53(55)50-47-44-41-38-35-32-27-24-21-18-15-12-9-6-3/h56H,4-52H2,1-3H3.